The fraction of sp³-hybridized carbons (Fsp3) is 0.200. The van der Waals surface area contributed by atoms with E-state index >= 15 is 0 Å². The van der Waals surface area contributed by atoms with Crippen molar-refractivity contribution in [1.82, 2.24) is 20.9 Å². The summed E-state index contributed by atoms with van der Waals surface area (Å²) in [6.45, 7) is 0.707. The molecule has 0 atom stereocenters. The molecule has 2 aliphatic heterocycles. The highest BCUT2D eigenvalue weighted by Crippen LogP contribution is 1.80. The van der Waals surface area contributed by atoms with Crippen molar-refractivity contribution in [3.8, 4) is 0 Å². The Hall–Kier alpha value is -2.64. The predicted octanol–water partition coefficient (Wildman–Crippen LogP) is -1.13. The highest BCUT2D eigenvalue weighted by atomic mass is 16.2. The van der Waals surface area contributed by atoms with Gasteiger partial charge in [0.2, 0.25) is 11.8 Å². The molecule has 0 fully saturated rings. The summed E-state index contributed by atoms with van der Waals surface area (Å²) in [5.41, 5.74) is 2.16. The number of amides is 2. The average molecular weight is 251 g/mol. The van der Waals surface area contributed by atoms with Gasteiger partial charge in [0, 0.05) is 31.1 Å². The van der Waals surface area contributed by atoms with E-state index in [1.807, 2.05) is 0 Å². The third-order valence-corrected chi connectivity index (χ3v) is 1.73. The molecule has 0 unspecified atom stereocenters. The zero-order chi connectivity index (χ0) is 13.2. The standard InChI is InChI=1S/C4H5NO.2C3H4N2O/c6-4-2-1-3-5-4;2*6-3-1-2-4-5-3/h1-2H,3H2,(H,5,6);2H,1H2,(H,5,6);1-2H,(H2,4,5,6). The smallest absolute Gasteiger partial charge is 0.263 e. The summed E-state index contributed by atoms with van der Waals surface area (Å²) < 4.78 is 0. The Kier molecular flexibility index (Phi) is 5.67. The Morgan fingerprint density at radius 1 is 1.22 bits per heavy atom. The molecule has 0 aromatic carbocycles. The molecule has 3 heterocycles. The molecule has 0 radical (unpaired) electrons. The zero-order valence-corrected chi connectivity index (χ0v) is 9.47. The van der Waals surface area contributed by atoms with Crippen LogP contribution in [0.5, 0.6) is 0 Å². The van der Waals surface area contributed by atoms with E-state index in [9.17, 15) is 14.4 Å². The van der Waals surface area contributed by atoms with E-state index in [-0.39, 0.29) is 17.4 Å². The van der Waals surface area contributed by atoms with E-state index < -0.39 is 0 Å². The Bertz CT molecular complexity index is 473. The van der Waals surface area contributed by atoms with Crippen LogP contribution in [0, 0.1) is 0 Å². The Labute approximate surface area is 102 Å². The molecule has 8 nitrogen and oxygen atoms in total. The molecule has 4 N–H and O–H groups in total. The zero-order valence-electron chi connectivity index (χ0n) is 9.47. The molecule has 2 aliphatic rings. The van der Waals surface area contributed by atoms with Gasteiger partial charge in [-0.15, -0.1) is 0 Å². The maximum Gasteiger partial charge on any atom is 0.263 e. The second-order valence-corrected chi connectivity index (χ2v) is 3.17. The van der Waals surface area contributed by atoms with Crippen molar-refractivity contribution in [2.24, 2.45) is 5.10 Å². The summed E-state index contributed by atoms with van der Waals surface area (Å²) in [5, 5.41) is 10.8. The molecule has 0 bridgehead atoms. The third-order valence-electron chi connectivity index (χ3n) is 1.73. The van der Waals surface area contributed by atoms with Gasteiger partial charge in [0.25, 0.3) is 5.56 Å². The van der Waals surface area contributed by atoms with Crippen LogP contribution in [-0.4, -0.2) is 34.8 Å². The maximum absolute atomic E-state index is 10.0. The van der Waals surface area contributed by atoms with Gasteiger partial charge in [-0.25, -0.2) is 5.43 Å². The van der Waals surface area contributed by atoms with Gasteiger partial charge >= 0.3 is 0 Å². The van der Waals surface area contributed by atoms with Gasteiger partial charge in [0.15, 0.2) is 0 Å². The van der Waals surface area contributed by atoms with Crippen molar-refractivity contribution in [2.45, 2.75) is 6.42 Å². The van der Waals surface area contributed by atoms with Crippen LogP contribution in [0.2, 0.25) is 0 Å². The Morgan fingerprint density at radius 3 is 2.22 bits per heavy atom. The number of hydrazone groups is 1. The first-order valence-electron chi connectivity index (χ1n) is 5.15. The highest BCUT2D eigenvalue weighted by Gasteiger charge is 1.99. The number of aromatic nitrogens is 2. The van der Waals surface area contributed by atoms with Gasteiger partial charge in [-0.05, 0) is 0 Å². The van der Waals surface area contributed by atoms with Crippen LogP contribution in [-0.2, 0) is 9.59 Å². The molecule has 8 heteroatoms. The number of aromatic amines is 2. The van der Waals surface area contributed by atoms with Crippen LogP contribution in [0.1, 0.15) is 6.42 Å². The van der Waals surface area contributed by atoms with Crippen LogP contribution in [0.15, 0.2) is 34.3 Å². The minimum atomic E-state index is -0.0880. The molecule has 0 aliphatic carbocycles. The van der Waals surface area contributed by atoms with Crippen molar-refractivity contribution in [1.29, 1.82) is 0 Å². The van der Waals surface area contributed by atoms with Gasteiger partial charge in [-0.2, -0.15) is 5.10 Å². The minimum absolute atomic E-state index is 0.0185. The first-order valence-corrected chi connectivity index (χ1v) is 5.15. The lowest BCUT2D eigenvalue weighted by molar-refractivity contribution is -0.119. The largest absolute Gasteiger partial charge is 0.349 e. The normalized spacial score (nSPS) is 15.1. The van der Waals surface area contributed by atoms with Gasteiger partial charge in [-0.3, -0.25) is 19.5 Å². The quantitative estimate of drug-likeness (QED) is 0.467. The van der Waals surface area contributed by atoms with Crippen molar-refractivity contribution < 1.29 is 9.59 Å². The SMILES string of the molecule is O=C1C=CCN1.O=C1CC=NN1.O=c1cc[nH][nH]1. The van der Waals surface area contributed by atoms with E-state index in [2.05, 4.69) is 26.0 Å². The van der Waals surface area contributed by atoms with Gasteiger partial charge < -0.3 is 10.4 Å². The molecule has 96 valence electrons. The molecule has 3 rings (SSSR count). The van der Waals surface area contributed by atoms with E-state index in [0.717, 1.165) is 0 Å². The Morgan fingerprint density at radius 2 is 2.06 bits per heavy atom. The number of nitrogens with one attached hydrogen (secondary N) is 4. The van der Waals surface area contributed by atoms with Crippen molar-refractivity contribution in [3.05, 3.63) is 34.8 Å². The third kappa shape index (κ3) is 6.05. The van der Waals surface area contributed by atoms with Crippen LogP contribution >= 0.6 is 0 Å². The fourth-order valence-corrected chi connectivity index (χ4v) is 0.948. The molecular weight excluding hydrogens is 238 g/mol. The summed E-state index contributed by atoms with van der Waals surface area (Å²) in [7, 11) is 0. The first-order chi connectivity index (χ1) is 8.68. The lowest BCUT2D eigenvalue weighted by atomic mass is 10.5. The molecule has 18 heavy (non-hydrogen) atoms. The van der Waals surface area contributed by atoms with Crippen LogP contribution in [0.4, 0.5) is 0 Å². The number of hydrogen-bond donors (Lipinski definition) is 4. The van der Waals surface area contributed by atoms with Crippen LogP contribution in [0.3, 0.4) is 0 Å². The number of carbonyl (C=O) groups is 2. The topological polar surface area (TPSA) is 119 Å². The first kappa shape index (κ1) is 13.4. The number of rotatable bonds is 0. The van der Waals surface area contributed by atoms with Gasteiger partial charge in [-0.1, -0.05) is 6.08 Å². The summed E-state index contributed by atoms with van der Waals surface area (Å²) in [6, 6.07) is 1.42. The van der Waals surface area contributed by atoms with Crippen molar-refractivity contribution in [2.75, 3.05) is 6.54 Å². The van der Waals surface area contributed by atoms with E-state index in [1.165, 1.54) is 12.1 Å². The molecular formula is C10H13N5O3. The monoisotopic (exact) mass is 251 g/mol. The number of H-pyrrole nitrogens is 2. The molecule has 1 aromatic heterocycles. The van der Waals surface area contributed by atoms with Crippen LogP contribution in [0.25, 0.3) is 0 Å². The van der Waals surface area contributed by atoms with Gasteiger partial charge in [0.05, 0.1) is 6.42 Å². The number of carbonyl (C=O) groups excluding carboxylic acids is 2. The van der Waals surface area contributed by atoms with Gasteiger partial charge in [0.1, 0.15) is 0 Å². The molecule has 0 spiro atoms. The van der Waals surface area contributed by atoms with E-state index in [1.54, 1.807) is 18.5 Å². The summed E-state index contributed by atoms with van der Waals surface area (Å²) >= 11 is 0. The second-order valence-electron chi connectivity index (χ2n) is 3.17. The minimum Gasteiger partial charge on any atom is -0.349 e. The molecule has 2 amide bonds. The summed E-state index contributed by atoms with van der Waals surface area (Å²) in [4.78, 5) is 30.0. The Balaban J connectivity index is 0.000000135. The maximum atomic E-state index is 10.0. The second kappa shape index (κ2) is 7.60. The average Bonchev–Trinajstić information content (AvgIpc) is 3.05. The number of hydrogen-bond acceptors (Lipinski definition) is 4. The lowest BCUT2D eigenvalue weighted by Gasteiger charge is -1.80. The lowest BCUT2D eigenvalue weighted by Crippen LogP contribution is -2.13. The summed E-state index contributed by atoms with van der Waals surface area (Å²) in [5.74, 6) is 0.00463. The number of nitrogens with zero attached hydrogens (tertiary/aromatic N) is 1. The van der Waals surface area contributed by atoms with E-state index in [0.29, 0.717) is 13.0 Å². The fourth-order valence-electron chi connectivity index (χ4n) is 0.948. The molecule has 0 saturated heterocycles. The van der Waals surface area contributed by atoms with E-state index in [4.69, 9.17) is 0 Å². The van der Waals surface area contributed by atoms with Crippen molar-refractivity contribution >= 4 is 18.0 Å². The predicted molar refractivity (Wildman–Crippen MR) is 64.8 cm³/mol. The summed E-state index contributed by atoms with van der Waals surface area (Å²) in [6.07, 6.45) is 6.85. The molecule has 0 saturated carbocycles. The highest BCUT2D eigenvalue weighted by molar-refractivity contribution is 5.93. The van der Waals surface area contributed by atoms with Crippen molar-refractivity contribution in [3.63, 3.8) is 0 Å². The molecule has 1 aromatic rings. The van der Waals surface area contributed by atoms with Crippen LogP contribution < -0.4 is 16.3 Å².